The molecular weight excluding hydrogens is 256 g/mol. The second-order valence-electron chi connectivity index (χ2n) is 3.70. The van der Waals surface area contributed by atoms with Gasteiger partial charge in [0.15, 0.2) is 5.82 Å². The summed E-state index contributed by atoms with van der Waals surface area (Å²) in [6, 6.07) is 4.60. The summed E-state index contributed by atoms with van der Waals surface area (Å²) < 4.78 is 30.9. The first kappa shape index (κ1) is 12.5. The molecule has 8 heteroatoms. The fourth-order valence-electron chi connectivity index (χ4n) is 1.48. The highest BCUT2D eigenvalue weighted by atomic mass is 32.2. The molecule has 3 N–H and O–H groups in total. The maximum absolute atomic E-state index is 12.0. The number of nitrogen functional groups attached to an aromatic ring is 1. The number of sulfonamides is 1. The summed E-state index contributed by atoms with van der Waals surface area (Å²) in [6.07, 6.45) is 1.14. The number of nitrogens with zero attached hydrogens (tertiary/aromatic N) is 2. The summed E-state index contributed by atoms with van der Waals surface area (Å²) in [5.41, 5.74) is 6.67. The van der Waals surface area contributed by atoms with Gasteiger partial charge in [-0.05, 0) is 30.7 Å². The third kappa shape index (κ3) is 2.66. The standard InChI is InChI=1S/C10H12N4O3S/c1-7-4-8(11)2-3-9(7)18(15,16)13-5-10-12-6-17-14-10/h2-4,6,13H,5,11H2,1H3. The van der Waals surface area contributed by atoms with E-state index in [9.17, 15) is 8.42 Å². The van der Waals surface area contributed by atoms with Crippen molar-refractivity contribution in [3.05, 3.63) is 36.0 Å². The Labute approximate surface area is 104 Å². The van der Waals surface area contributed by atoms with Crippen molar-refractivity contribution in [1.29, 1.82) is 0 Å². The minimum Gasteiger partial charge on any atom is -0.399 e. The smallest absolute Gasteiger partial charge is 0.241 e. The summed E-state index contributed by atoms with van der Waals surface area (Å²) in [4.78, 5) is 3.91. The van der Waals surface area contributed by atoms with Gasteiger partial charge < -0.3 is 10.3 Å². The number of aryl methyl sites for hydroxylation is 1. The normalized spacial score (nSPS) is 11.6. The minimum absolute atomic E-state index is 0.0251. The summed E-state index contributed by atoms with van der Waals surface area (Å²) in [5.74, 6) is 0.270. The topological polar surface area (TPSA) is 111 Å². The lowest BCUT2D eigenvalue weighted by Gasteiger charge is -2.08. The number of anilines is 1. The van der Waals surface area contributed by atoms with Gasteiger partial charge >= 0.3 is 0 Å². The molecule has 0 aliphatic carbocycles. The Morgan fingerprint density at radius 3 is 2.83 bits per heavy atom. The second-order valence-corrected chi connectivity index (χ2v) is 5.43. The molecule has 18 heavy (non-hydrogen) atoms. The maximum Gasteiger partial charge on any atom is 0.241 e. The average molecular weight is 268 g/mol. The van der Waals surface area contributed by atoms with Crippen LogP contribution in [0.2, 0.25) is 0 Å². The van der Waals surface area contributed by atoms with E-state index in [0.717, 1.165) is 6.39 Å². The van der Waals surface area contributed by atoms with Crippen molar-refractivity contribution in [2.75, 3.05) is 5.73 Å². The van der Waals surface area contributed by atoms with Crippen LogP contribution in [0.3, 0.4) is 0 Å². The Bertz CT molecular complexity index is 637. The highest BCUT2D eigenvalue weighted by Crippen LogP contribution is 2.17. The average Bonchev–Trinajstić information content (AvgIpc) is 2.78. The summed E-state index contributed by atoms with van der Waals surface area (Å²) in [7, 11) is -3.61. The number of nitrogens with one attached hydrogen (secondary N) is 1. The first-order valence-corrected chi connectivity index (χ1v) is 6.58. The lowest BCUT2D eigenvalue weighted by Crippen LogP contribution is -2.24. The third-order valence-corrected chi connectivity index (χ3v) is 3.88. The van der Waals surface area contributed by atoms with E-state index >= 15 is 0 Å². The first-order chi connectivity index (χ1) is 8.49. The minimum atomic E-state index is -3.61. The van der Waals surface area contributed by atoms with Crippen LogP contribution in [0.1, 0.15) is 11.4 Å². The number of hydrogen-bond donors (Lipinski definition) is 2. The predicted molar refractivity (Wildman–Crippen MR) is 63.9 cm³/mol. The van der Waals surface area contributed by atoms with Crippen LogP contribution in [0.25, 0.3) is 0 Å². The van der Waals surface area contributed by atoms with Gasteiger partial charge in [-0.2, -0.15) is 4.98 Å². The van der Waals surface area contributed by atoms with E-state index in [1.165, 1.54) is 12.1 Å². The van der Waals surface area contributed by atoms with Gasteiger partial charge in [0.05, 0.1) is 11.4 Å². The quantitative estimate of drug-likeness (QED) is 0.778. The Kier molecular flexibility index (Phi) is 3.30. The molecule has 1 aromatic carbocycles. The number of nitrogens with two attached hydrogens (primary N) is 1. The number of aromatic nitrogens is 2. The van der Waals surface area contributed by atoms with Gasteiger partial charge in [0, 0.05) is 5.69 Å². The van der Waals surface area contributed by atoms with E-state index in [-0.39, 0.29) is 17.3 Å². The molecule has 7 nitrogen and oxygen atoms in total. The Morgan fingerprint density at radius 2 is 2.22 bits per heavy atom. The van der Waals surface area contributed by atoms with E-state index in [1.807, 2.05) is 0 Å². The Hall–Kier alpha value is -1.93. The van der Waals surface area contributed by atoms with Crippen molar-refractivity contribution in [1.82, 2.24) is 14.9 Å². The van der Waals surface area contributed by atoms with Crippen molar-refractivity contribution in [3.8, 4) is 0 Å². The lowest BCUT2D eigenvalue weighted by atomic mass is 10.2. The van der Waals surface area contributed by atoms with E-state index < -0.39 is 10.0 Å². The van der Waals surface area contributed by atoms with Gasteiger partial charge in [0.1, 0.15) is 0 Å². The molecule has 0 atom stereocenters. The van der Waals surface area contributed by atoms with Crippen LogP contribution in [0.15, 0.2) is 34.0 Å². The Balaban J connectivity index is 2.20. The molecule has 96 valence electrons. The maximum atomic E-state index is 12.0. The molecule has 0 aliphatic rings. The fourth-order valence-corrected chi connectivity index (χ4v) is 2.69. The second kappa shape index (κ2) is 4.75. The van der Waals surface area contributed by atoms with Crippen LogP contribution >= 0.6 is 0 Å². The molecular formula is C10H12N4O3S. The Morgan fingerprint density at radius 1 is 1.44 bits per heavy atom. The monoisotopic (exact) mass is 268 g/mol. The van der Waals surface area contributed by atoms with Crippen molar-refractivity contribution >= 4 is 15.7 Å². The largest absolute Gasteiger partial charge is 0.399 e. The van der Waals surface area contributed by atoms with Gasteiger partial charge in [0.2, 0.25) is 16.4 Å². The summed E-state index contributed by atoms with van der Waals surface area (Å²) in [5, 5.41) is 3.52. The zero-order valence-electron chi connectivity index (χ0n) is 9.62. The highest BCUT2D eigenvalue weighted by Gasteiger charge is 2.17. The van der Waals surface area contributed by atoms with Crippen LogP contribution in [0.4, 0.5) is 5.69 Å². The fraction of sp³-hybridized carbons (Fsp3) is 0.200. The van der Waals surface area contributed by atoms with Gasteiger partial charge in [-0.15, -0.1) is 0 Å². The number of rotatable bonds is 4. The van der Waals surface area contributed by atoms with Gasteiger partial charge in [0.25, 0.3) is 0 Å². The van der Waals surface area contributed by atoms with Gasteiger partial charge in [-0.3, -0.25) is 0 Å². The van der Waals surface area contributed by atoms with Crippen LogP contribution in [0, 0.1) is 6.92 Å². The molecule has 1 heterocycles. The number of benzene rings is 1. The van der Waals surface area contributed by atoms with Crippen molar-refractivity contribution in [2.45, 2.75) is 18.4 Å². The SMILES string of the molecule is Cc1cc(N)ccc1S(=O)(=O)NCc1ncon1. The van der Waals surface area contributed by atoms with Crippen LogP contribution in [-0.4, -0.2) is 18.6 Å². The highest BCUT2D eigenvalue weighted by molar-refractivity contribution is 7.89. The van der Waals surface area contributed by atoms with Crippen LogP contribution in [0.5, 0.6) is 0 Å². The molecule has 2 rings (SSSR count). The van der Waals surface area contributed by atoms with Crippen molar-refractivity contribution in [2.24, 2.45) is 0 Å². The van der Waals surface area contributed by atoms with E-state index in [2.05, 4.69) is 19.4 Å². The summed E-state index contributed by atoms with van der Waals surface area (Å²) in [6.45, 7) is 1.65. The van der Waals surface area contributed by atoms with E-state index in [0.29, 0.717) is 11.3 Å². The van der Waals surface area contributed by atoms with Crippen molar-refractivity contribution < 1.29 is 12.9 Å². The zero-order valence-corrected chi connectivity index (χ0v) is 10.4. The lowest BCUT2D eigenvalue weighted by molar-refractivity contribution is 0.409. The molecule has 0 fully saturated rings. The van der Waals surface area contributed by atoms with Gasteiger partial charge in [-0.25, -0.2) is 13.1 Å². The van der Waals surface area contributed by atoms with E-state index in [4.69, 9.17) is 5.73 Å². The number of hydrogen-bond acceptors (Lipinski definition) is 6. The molecule has 0 spiro atoms. The first-order valence-electron chi connectivity index (χ1n) is 5.10. The molecule has 0 saturated carbocycles. The summed E-state index contributed by atoms with van der Waals surface area (Å²) >= 11 is 0. The zero-order chi connectivity index (χ0) is 13.2. The van der Waals surface area contributed by atoms with Crippen LogP contribution < -0.4 is 10.5 Å². The van der Waals surface area contributed by atoms with E-state index in [1.54, 1.807) is 13.0 Å². The molecule has 0 saturated heterocycles. The van der Waals surface area contributed by atoms with Gasteiger partial charge in [-0.1, -0.05) is 5.16 Å². The molecule has 0 radical (unpaired) electrons. The molecule has 2 aromatic rings. The van der Waals surface area contributed by atoms with Crippen molar-refractivity contribution in [3.63, 3.8) is 0 Å². The molecule has 0 amide bonds. The molecule has 1 aromatic heterocycles. The molecule has 0 aliphatic heterocycles. The molecule has 0 unspecified atom stereocenters. The predicted octanol–water partition coefficient (Wildman–Crippen LogP) is 0.439. The molecule has 0 bridgehead atoms. The third-order valence-electron chi connectivity index (χ3n) is 2.32. The van der Waals surface area contributed by atoms with Crippen LogP contribution in [-0.2, 0) is 16.6 Å².